The number of ketones is 1. The normalized spacial score (nSPS) is 12.6. The fourth-order valence-corrected chi connectivity index (χ4v) is 2.64. The van der Waals surface area contributed by atoms with E-state index in [1.54, 1.807) is 24.3 Å². The molecule has 1 aromatic heterocycles. The predicted octanol–water partition coefficient (Wildman–Crippen LogP) is 2.80. The first kappa shape index (κ1) is 13.6. The fourth-order valence-electron chi connectivity index (χ4n) is 2.64. The molecule has 0 spiro atoms. The van der Waals surface area contributed by atoms with Gasteiger partial charge in [-0.1, -0.05) is 29.8 Å². The van der Waals surface area contributed by atoms with Crippen LogP contribution in [0.3, 0.4) is 0 Å². The lowest BCUT2D eigenvalue weighted by Gasteiger charge is -2.05. The maximum absolute atomic E-state index is 12.7. The smallest absolute Gasteiger partial charge is 0.231 e. The number of rotatable bonds is 2. The van der Waals surface area contributed by atoms with Gasteiger partial charge in [0, 0.05) is 17.8 Å². The van der Waals surface area contributed by atoms with Crippen molar-refractivity contribution < 1.29 is 14.3 Å². The highest BCUT2D eigenvalue weighted by molar-refractivity contribution is 6.10. The van der Waals surface area contributed by atoms with Gasteiger partial charge in [-0.3, -0.25) is 9.59 Å². The minimum atomic E-state index is -0.317. The van der Waals surface area contributed by atoms with E-state index < -0.39 is 0 Å². The van der Waals surface area contributed by atoms with Gasteiger partial charge in [0.2, 0.25) is 12.2 Å². The Kier molecular flexibility index (Phi) is 2.94. The summed E-state index contributed by atoms with van der Waals surface area (Å²) in [5.41, 5.74) is 1.95. The number of aromatic nitrogens is 1. The fraction of sp³-hybridized carbons (Fsp3) is 0.111. The summed E-state index contributed by atoms with van der Waals surface area (Å²) >= 11 is 0. The molecular weight excluding hydrogens is 294 g/mol. The summed E-state index contributed by atoms with van der Waals surface area (Å²) in [4.78, 5) is 28.2. The van der Waals surface area contributed by atoms with Crippen molar-refractivity contribution in [3.63, 3.8) is 0 Å². The molecule has 5 heteroatoms. The number of fused-ring (bicyclic) bond motifs is 2. The third-order valence-electron chi connectivity index (χ3n) is 3.93. The van der Waals surface area contributed by atoms with Crippen molar-refractivity contribution in [3.8, 4) is 11.5 Å². The van der Waals surface area contributed by atoms with E-state index in [1.165, 1.54) is 6.20 Å². The van der Waals surface area contributed by atoms with Gasteiger partial charge in [0.1, 0.15) is 0 Å². The van der Waals surface area contributed by atoms with Gasteiger partial charge in [-0.25, -0.2) is 0 Å². The summed E-state index contributed by atoms with van der Waals surface area (Å²) in [6, 6.07) is 10.5. The van der Waals surface area contributed by atoms with Gasteiger partial charge in [-0.2, -0.15) is 0 Å². The quantitative estimate of drug-likeness (QED) is 0.739. The van der Waals surface area contributed by atoms with Crippen molar-refractivity contribution in [1.29, 1.82) is 0 Å². The molecule has 0 unspecified atom stereocenters. The number of H-pyrrole nitrogens is 1. The third kappa shape index (κ3) is 2.17. The van der Waals surface area contributed by atoms with Crippen LogP contribution in [0.1, 0.15) is 21.5 Å². The minimum absolute atomic E-state index is 0.111. The zero-order chi connectivity index (χ0) is 16.0. The van der Waals surface area contributed by atoms with E-state index in [9.17, 15) is 9.59 Å². The number of carbonyl (C=O) groups excluding carboxylic acids is 1. The predicted molar refractivity (Wildman–Crippen MR) is 85.3 cm³/mol. The summed E-state index contributed by atoms with van der Waals surface area (Å²) in [5, 5.41) is 0.409. The first-order chi connectivity index (χ1) is 11.1. The average molecular weight is 307 g/mol. The molecule has 0 atom stereocenters. The zero-order valence-electron chi connectivity index (χ0n) is 12.4. The lowest BCUT2D eigenvalue weighted by atomic mass is 10.0. The maximum atomic E-state index is 12.7. The van der Waals surface area contributed by atoms with E-state index in [4.69, 9.17) is 9.47 Å². The van der Waals surface area contributed by atoms with Gasteiger partial charge in [-0.05, 0) is 13.0 Å². The summed E-state index contributed by atoms with van der Waals surface area (Å²) in [6.45, 7) is 2.08. The van der Waals surface area contributed by atoms with Crippen LogP contribution in [0, 0.1) is 6.92 Å². The molecule has 1 aliphatic heterocycles. The second-order valence-corrected chi connectivity index (χ2v) is 5.48. The van der Waals surface area contributed by atoms with Gasteiger partial charge in [0.15, 0.2) is 17.3 Å². The van der Waals surface area contributed by atoms with E-state index >= 15 is 0 Å². The first-order valence-corrected chi connectivity index (χ1v) is 7.20. The molecule has 4 rings (SSSR count). The molecule has 1 N–H and O–H groups in total. The third-order valence-corrected chi connectivity index (χ3v) is 3.93. The number of aromatic amines is 1. The maximum Gasteiger partial charge on any atom is 0.231 e. The van der Waals surface area contributed by atoms with E-state index in [1.807, 2.05) is 19.1 Å². The first-order valence-electron chi connectivity index (χ1n) is 7.20. The highest BCUT2D eigenvalue weighted by atomic mass is 16.7. The average Bonchev–Trinajstić information content (AvgIpc) is 3.01. The number of pyridine rings is 1. The van der Waals surface area contributed by atoms with Crippen LogP contribution in [0.5, 0.6) is 11.5 Å². The molecule has 5 nitrogen and oxygen atoms in total. The molecule has 0 aliphatic carbocycles. The lowest BCUT2D eigenvalue weighted by Crippen LogP contribution is -2.16. The molecule has 2 aromatic carbocycles. The van der Waals surface area contributed by atoms with Crippen LogP contribution in [-0.2, 0) is 0 Å². The van der Waals surface area contributed by atoms with E-state index in [0.29, 0.717) is 28.0 Å². The van der Waals surface area contributed by atoms with Crippen molar-refractivity contribution in [2.24, 2.45) is 0 Å². The Morgan fingerprint density at radius 3 is 2.52 bits per heavy atom. The summed E-state index contributed by atoms with van der Waals surface area (Å²) in [7, 11) is 0. The van der Waals surface area contributed by atoms with Crippen LogP contribution in [0.15, 0.2) is 47.4 Å². The Labute approximate surface area is 131 Å². The molecule has 114 valence electrons. The molecule has 0 saturated carbocycles. The highest BCUT2D eigenvalue weighted by Gasteiger charge is 2.19. The number of carbonyl (C=O) groups is 1. The molecule has 0 fully saturated rings. The molecule has 23 heavy (non-hydrogen) atoms. The second kappa shape index (κ2) is 4.98. The second-order valence-electron chi connectivity index (χ2n) is 5.48. The number of hydrogen-bond acceptors (Lipinski definition) is 4. The van der Waals surface area contributed by atoms with Crippen LogP contribution in [-0.4, -0.2) is 17.6 Å². The number of hydrogen-bond donors (Lipinski definition) is 1. The largest absolute Gasteiger partial charge is 0.454 e. The highest BCUT2D eigenvalue weighted by Crippen LogP contribution is 2.34. The molecule has 3 aromatic rings. The monoisotopic (exact) mass is 307 g/mol. The van der Waals surface area contributed by atoms with Gasteiger partial charge >= 0.3 is 0 Å². The van der Waals surface area contributed by atoms with Crippen LogP contribution in [0.25, 0.3) is 10.9 Å². The molecule has 0 saturated heterocycles. The molecular formula is C18H13NO4. The van der Waals surface area contributed by atoms with Gasteiger partial charge in [0.05, 0.1) is 16.5 Å². The Morgan fingerprint density at radius 2 is 1.78 bits per heavy atom. The van der Waals surface area contributed by atoms with Crippen molar-refractivity contribution >= 4 is 16.7 Å². The number of benzene rings is 2. The van der Waals surface area contributed by atoms with E-state index in [-0.39, 0.29) is 23.6 Å². The van der Waals surface area contributed by atoms with Crippen LogP contribution < -0.4 is 14.9 Å². The SMILES string of the molecule is Cc1ccc(C(=O)c2c[nH]c3cc4c(cc3c2=O)OCO4)cc1. The van der Waals surface area contributed by atoms with Crippen LogP contribution in [0.4, 0.5) is 0 Å². The van der Waals surface area contributed by atoms with Crippen molar-refractivity contribution in [1.82, 2.24) is 4.98 Å². The Morgan fingerprint density at radius 1 is 1.09 bits per heavy atom. The summed E-state index contributed by atoms with van der Waals surface area (Å²) in [6.07, 6.45) is 1.45. The summed E-state index contributed by atoms with van der Waals surface area (Å²) < 4.78 is 10.6. The minimum Gasteiger partial charge on any atom is -0.454 e. The molecule has 0 amide bonds. The van der Waals surface area contributed by atoms with Gasteiger partial charge < -0.3 is 14.5 Å². The van der Waals surface area contributed by atoms with Crippen molar-refractivity contribution in [3.05, 3.63) is 69.5 Å². The summed E-state index contributed by atoms with van der Waals surface area (Å²) in [5.74, 6) is 0.805. The lowest BCUT2D eigenvalue weighted by molar-refractivity contribution is 0.103. The van der Waals surface area contributed by atoms with Gasteiger partial charge in [0.25, 0.3) is 0 Å². The Bertz CT molecular complexity index is 986. The van der Waals surface area contributed by atoms with E-state index in [2.05, 4.69) is 4.98 Å². The number of aryl methyl sites for hydroxylation is 1. The number of nitrogens with one attached hydrogen (secondary N) is 1. The number of ether oxygens (including phenoxy) is 2. The molecule has 2 heterocycles. The van der Waals surface area contributed by atoms with Crippen LogP contribution >= 0.6 is 0 Å². The standard InChI is InChI=1S/C18H13NO4/c1-10-2-4-11(5-3-10)17(20)13-8-19-14-7-16-15(22-9-23-16)6-12(14)18(13)21/h2-8H,9H2,1H3,(H,19,21). The van der Waals surface area contributed by atoms with Gasteiger partial charge in [-0.15, -0.1) is 0 Å². The topological polar surface area (TPSA) is 68.4 Å². The molecule has 0 bridgehead atoms. The van der Waals surface area contributed by atoms with Crippen molar-refractivity contribution in [2.75, 3.05) is 6.79 Å². The molecule has 1 aliphatic rings. The van der Waals surface area contributed by atoms with Crippen molar-refractivity contribution in [2.45, 2.75) is 6.92 Å². The zero-order valence-corrected chi connectivity index (χ0v) is 12.4. The Hall–Kier alpha value is -3.08. The molecule has 0 radical (unpaired) electrons. The van der Waals surface area contributed by atoms with Crippen LogP contribution in [0.2, 0.25) is 0 Å². The van der Waals surface area contributed by atoms with E-state index in [0.717, 1.165) is 5.56 Å². The Balaban J connectivity index is 1.86.